The lowest BCUT2D eigenvalue weighted by Gasteiger charge is -2.30. The highest BCUT2D eigenvalue weighted by atomic mass is 16.5. The minimum absolute atomic E-state index is 0.100. The first-order valence-electron chi connectivity index (χ1n) is 5.11. The Labute approximate surface area is 91.7 Å². The van der Waals surface area contributed by atoms with Crippen molar-refractivity contribution >= 4 is 0 Å². The van der Waals surface area contributed by atoms with Crippen LogP contribution in [0.5, 0.6) is 0 Å². The highest BCUT2D eigenvalue weighted by molar-refractivity contribution is 5.15. The number of quaternary nitrogens is 1. The summed E-state index contributed by atoms with van der Waals surface area (Å²) < 4.78 is -0.120. The maximum Gasteiger partial charge on any atom is 0.170 e. The molecule has 0 aliphatic carbocycles. The minimum Gasteiger partial charge on any atom is -0.216 e. The molecule has 0 fully saturated rings. The van der Waals surface area contributed by atoms with Gasteiger partial charge in [-0.3, -0.25) is 0 Å². The van der Waals surface area contributed by atoms with Crippen LogP contribution in [0.2, 0.25) is 0 Å². The lowest BCUT2D eigenvalue weighted by Crippen LogP contribution is -2.49. The Morgan fingerprint density at radius 3 is 2.53 bits per heavy atom. The zero-order valence-electron chi connectivity index (χ0n) is 9.35. The molecule has 0 aromatic heterocycles. The van der Waals surface area contributed by atoms with Crippen molar-refractivity contribution in [1.82, 2.24) is 0 Å². The molecule has 15 heavy (non-hydrogen) atoms. The second kappa shape index (κ2) is 4.97. The molecule has 1 N–H and O–H groups in total. The quantitative estimate of drug-likeness (QED) is 0.452. The van der Waals surface area contributed by atoms with Crippen LogP contribution >= 0.6 is 0 Å². The Bertz CT molecular complexity index is 337. The molecule has 0 bridgehead atoms. The van der Waals surface area contributed by atoms with Gasteiger partial charge >= 0.3 is 0 Å². The van der Waals surface area contributed by atoms with Gasteiger partial charge in [0.05, 0.1) is 7.05 Å². The molecule has 0 radical (unpaired) electrons. The van der Waals surface area contributed by atoms with Crippen molar-refractivity contribution in [2.24, 2.45) is 0 Å². The van der Waals surface area contributed by atoms with E-state index in [1.165, 1.54) is 5.56 Å². The molecule has 1 rings (SSSR count). The Balaban J connectivity index is 2.64. The van der Waals surface area contributed by atoms with E-state index in [9.17, 15) is 5.21 Å². The molecule has 0 heterocycles. The molecular formula is C13H18NO+. The van der Waals surface area contributed by atoms with E-state index in [-0.39, 0.29) is 10.7 Å². The number of hydrogen-bond donors (Lipinski definition) is 1. The van der Waals surface area contributed by atoms with Gasteiger partial charge < -0.3 is 0 Å². The van der Waals surface area contributed by atoms with Crippen LogP contribution in [0.3, 0.4) is 0 Å². The molecule has 0 aliphatic heterocycles. The molecule has 2 nitrogen and oxygen atoms in total. The Kier molecular flexibility index (Phi) is 3.90. The van der Waals surface area contributed by atoms with Crippen LogP contribution in [0.1, 0.15) is 12.5 Å². The average molecular weight is 204 g/mol. The highest BCUT2D eigenvalue weighted by Crippen LogP contribution is 2.12. The van der Waals surface area contributed by atoms with Crippen LogP contribution in [0.15, 0.2) is 30.3 Å². The van der Waals surface area contributed by atoms with Crippen LogP contribution in [0, 0.1) is 12.3 Å². The van der Waals surface area contributed by atoms with E-state index in [2.05, 4.69) is 18.1 Å². The molecule has 0 saturated heterocycles. The van der Waals surface area contributed by atoms with E-state index >= 15 is 0 Å². The zero-order valence-corrected chi connectivity index (χ0v) is 9.35. The second-order valence-corrected chi connectivity index (χ2v) is 4.11. The molecule has 1 aromatic carbocycles. The molecule has 0 aliphatic rings. The third kappa shape index (κ3) is 3.39. The van der Waals surface area contributed by atoms with Crippen molar-refractivity contribution in [1.29, 1.82) is 0 Å². The number of benzene rings is 1. The molecule has 1 unspecified atom stereocenters. The van der Waals surface area contributed by atoms with Gasteiger partial charge in [0.15, 0.2) is 6.54 Å². The van der Waals surface area contributed by atoms with Crippen LogP contribution in [0.25, 0.3) is 0 Å². The topological polar surface area (TPSA) is 20.2 Å². The number of rotatable bonds is 4. The fourth-order valence-corrected chi connectivity index (χ4v) is 1.49. The maximum absolute atomic E-state index is 10.0. The van der Waals surface area contributed by atoms with Crippen LogP contribution < -0.4 is 0 Å². The maximum atomic E-state index is 10.0. The van der Waals surface area contributed by atoms with Gasteiger partial charge in [-0.25, -0.2) is 5.21 Å². The number of hydroxylamine groups is 3. The highest BCUT2D eigenvalue weighted by Gasteiger charge is 2.26. The minimum atomic E-state index is -0.120. The third-order valence-electron chi connectivity index (χ3n) is 2.73. The summed E-state index contributed by atoms with van der Waals surface area (Å²) in [5, 5.41) is 10.0. The van der Waals surface area contributed by atoms with Gasteiger partial charge in [-0.05, 0) is 18.4 Å². The van der Waals surface area contributed by atoms with Gasteiger partial charge in [-0.1, -0.05) is 30.3 Å². The second-order valence-electron chi connectivity index (χ2n) is 4.11. The van der Waals surface area contributed by atoms with Crippen molar-refractivity contribution in [3.8, 4) is 12.3 Å². The molecule has 2 heteroatoms. The summed E-state index contributed by atoms with van der Waals surface area (Å²) in [5.41, 5.74) is 1.22. The first kappa shape index (κ1) is 11.8. The number of hydrogen-bond acceptors (Lipinski definition) is 1. The van der Waals surface area contributed by atoms with E-state index in [4.69, 9.17) is 6.42 Å². The van der Waals surface area contributed by atoms with Crippen molar-refractivity contribution < 1.29 is 9.85 Å². The summed E-state index contributed by atoms with van der Waals surface area (Å²) >= 11 is 0. The molecule has 2 atom stereocenters. The normalized spacial score (nSPS) is 16.4. The fraction of sp³-hybridized carbons (Fsp3) is 0.385. The lowest BCUT2D eigenvalue weighted by atomic mass is 10.1. The zero-order chi connectivity index (χ0) is 11.3. The lowest BCUT2D eigenvalue weighted by molar-refractivity contribution is -1.10. The van der Waals surface area contributed by atoms with Crippen LogP contribution in [-0.2, 0) is 6.42 Å². The van der Waals surface area contributed by atoms with E-state index in [1.807, 2.05) is 25.1 Å². The molecule has 80 valence electrons. The molecule has 0 saturated carbocycles. The van der Waals surface area contributed by atoms with Crippen LogP contribution in [-0.4, -0.2) is 29.5 Å². The number of likely N-dealkylation sites (N-methyl/N-ethyl adjacent to an activating group) is 1. The predicted molar refractivity (Wildman–Crippen MR) is 61.3 cm³/mol. The monoisotopic (exact) mass is 204 g/mol. The summed E-state index contributed by atoms with van der Waals surface area (Å²) in [6.45, 7) is 2.35. The van der Waals surface area contributed by atoms with E-state index in [1.54, 1.807) is 7.05 Å². The number of terminal acetylenes is 1. The predicted octanol–water partition coefficient (Wildman–Crippen LogP) is 2.09. The van der Waals surface area contributed by atoms with Crippen molar-refractivity contribution in [2.75, 3.05) is 13.6 Å². The van der Waals surface area contributed by atoms with Crippen molar-refractivity contribution in [3.63, 3.8) is 0 Å². The first-order valence-corrected chi connectivity index (χ1v) is 5.11. The van der Waals surface area contributed by atoms with Gasteiger partial charge in [-0.15, -0.1) is 6.42 Å². The van der Waals surface area contributed by atoms with Gasteiger partial charge in [0.2, 0.25) is 0 Å². The van der Waals surface area contributed by atoms with E-state index in [0.29, 0.717) is 6.54 Å². The SMILES string of the molecule is C#CC[N+](C)(O)[C@H](C)Cc1ccccc1. The van der Waals surface area contributed by atoms with Gasteiger partial charge in [-0.2, -0.15) is 4.65 Å². The summed E-state index contributed by atoms with van der Waals surface area (Å²) in [7, 11) is 1.74. The van der Waals surface area contributed by atoms with Gasteiger partial charge in [0, 0.05) is 6.42 Å². The molecular weight excluding hydrogens is 186 g/mol. The first-order chi connectivity index (χ1) is 7.06. The average Bonchev–Trinajstić information content (AvgIpc) is 2.19. The van der Waals surface area contributed by atoms with E-state index in [0.717, 1.165) is 6.42 Å². The Hall–Kier alpha value is -1.30. The number of nitrogens with zero attached hydrogens (tertiary/aromatic N) is 1. The standard InChI is InChI=1S/C13H18NO/c1-4-10-14(3,15)12(2)11-13-8-6-5-7-9-13/h1,5-9,12,15H,10-11H2,2-3H3/q+1/t12-,14?/m1/s1. The summed E-state index contributed by atoms with van der Waals surface area (Å²) in [4.78, 5) is 0. The van der Waals surface area contributed by atoms with E-state index < -0.39 is 0 Å². The molecule has 1 aromatic rings. The van der Waals surface area contributed by atoms with Crippen LogP contribution in [0.4, 0.5) is 0 Å². The van der Waals surface area contributed by atoms with Crippen molar-refractivity contribution in [3.05, 3.63) is 35.9 Å². The third-order valence-corrected chi connectivity index (χ3v) is 2.73. The van der Waals surface area contributed by atoms with Gasteiger partial charge in [0.1, 0.15) is 6.04 Å². The largest absolute Gasteiger partial charge is 0.216 e. The van der Waals surface area contributed by atoms with Gasteiger partial charge in [0.25, 0.3) is 0 Å². The molecule has 0 amide bonds. The smallest absolute Gasteiger partial charge is 0.170 e. The Morgan fingerprint density at radius 2 is 2.00 bits per heavy atom. The molecule has 0 spiro atoms. The Morgan fingerprint density at radius 1 is 1.40 bits per heavy atom. The fourth-order valence-electron chi connectivity index (χ4n) is 1.49. The summed E-state index contributed by atoms with van der Waals surface area (Å²) in [5.74, 6) is 2.50. The summed E-state index contributed by atoms with van der Waals surface area (Å²) in [6, 6.07) is 10.2. The summed E-state index contributed by atoms with van der Waals surface area (Å²) in [6.07, 6.45) is 6.05. The van der Waals surface area contributed by atoms with Crippen molar-refractivity contribution in [2.45, 2.75) is 19.4 Å².